The molecule has 0 radical (unpaired) electrons. The molecule has 1 aromatic rings. The molecule has 1 heterocycles. The van der Waals surface area contributed by atoms with Crippen LogP contribution in [0.25, 0.3) is 0 Å². The number of likely N-dealkylation sites (tertiary alicyclic amines) is 1. The van der Waals surface area contributed by atoms with Gasteiger partial charge in [0.2, 0.25) is 0 Å². The molecule has 1 aliphatic rings. The van der Waals surface area contributed by atoms with E-state index in [2.05, 4.69) is 29.3 Å². The van der Waals surface area contributed by atoms with Crippen molar-refractivity contribution in [3.63, 3.8) is 0 Å². The predicted octanol–water partition coefficient (Wildman–Crippen LogP) is 3.09. The summed E-state index contributed by atoms with van der Waals surface area (Å²) in [4.78, 5) is 7.14. The van der Waals surface area contributed by atoms with Crippen LogP contribution < -0.4 is 14.8 Å². The number of benzene rings is 1. The highest BCUT2D eigenvalue weighted by Gasteiger charge is 2.15. The Hall–Kier alpha value is -1.91. The topological polar surface area (TPSA) is 46.1 Å². The molecule has 134 valence electrons. The minimum atomic E-state index is 0.640. The zero-order valence-electron chi connectivity index (χ0n) is 15.3. The van der Waals surface area contributed by atoms with Crippen molar-refractivity contribution in [3.8, 4) is 11.5 Å². The van der Waals surface area contributed by atoms with Crippen LogP contribution in [-0.4, -0.2) is 50.3 Å². The van der Waals surface area contributed by atoms with Crippen molar-refractivity contribution >= 4 is 5.96 Å². The first kappa shape index (κ1) is 18.4. The summed E-state index contributed by atoms with van der Waals surface area (Å²) in [6, 6.07) is 6.18. The quantitative estimate of drug-likeness (QED) is 0.587. The third-order valence-corrected chi connectivity index (χ3v) is 4.01. The van der Waals surface area contributed by atoms with Gasteiger partial charge in [-0.05, 0) is 57.7 Å². The number of hydrogen-bond donors (Lipinski definition) is 1. The van der Waals surface area contributed by atoms with Gasteiger partial charge in [-0.15, -0.1) is 0 Å². The van der Waals surface area contributed by atoms with Crippen molar-refractivity contribution in [1.29, 1.82) is 0 Å². The highest BCUT2D eigenvalue weighted by Crippen LogP contribution is 2.28. The van der Waals surface area contributed by atoms with E-state index in [-0.39, 0.29) is 0 Å². The second kappa shape index (κ2) is 10.1. The van der Waals surface area contributed by atoms with E-state index in [4.69, 9.17) is 14.5 Å². The highest BCUT2D eigenvalue weighted by molar-refractivity contribution is 5.80. The minimum absolute atomic E-state index is 0.640. The summed E-state index contributed by atoms with van der Waals surface area (Å²) >= 11 is 0. The van der Waals surface area contributed by atoms with Gasteiger partial charge in [0.05, 0.1) is 13.2 Å². The summed E-state index contributed by atoms with van der Waals surface area (Å²) < 4.78 is 11.3. The molecule has 0 amide bonds. The van der Waals surface area contributed by atoms with Gasteiger partial charge in [-0.1, -0.05) is 6.07 Å². The molecule has 2 rings (SSSR count). The molecule has 0 aromatic heterocycles. The van der Waals surface area contributed by atoms with Crippen molar-refractivity contribution in [3.05, 3.63) is 23.8 Å². The second-order valence-electron chi connectivity index (χ2n) is 5.83. The lowest BCUT2D eigenvalue weighted by molar-refractivity contribution is 0.287. The summed E-state index contributed by atoms with van der Waals surface area (Å²) in [6.07, 6.45) is 3.43. The molecule has 0 atom stereocenters. The molecule has 0 bridgehead atoms. The zero-order chi connectivity index (χ0) is 17.2. The van der Waals surface area contributed by atoms with Crippen LogP contribution in [0.1, 0.15) is 39.2 Å². The van der Waals surface area contributed by atoms with E-state index in [1.807, 2.05) is 19.9 Å². The third kappa shape index (κ3) is 5.32. The van der Waals surface area contributed by atoms with E-state index >= 15 is 0 Å². The predicted molar refractivity (Wildman–Crippen MR) is 99.3 cm³/mol. The van der Waals surface area contributed by atoms with Gasteiger partial charge in [-0.25, -0.2) is 0 Å². The Kier molecular flexibility index (Phi) is 7.72. The van der Waals surface area contributed by atoms with Gasteiger partial charge >= 0.3 is 0 Å². The summed E-state index contributed by atoms with van der Waals surface area (Å²) in [6.45, 7) is 11.3. The van der Waals surface area contributed by atoms with E-state index in [9.17, 15) is 0 Å². The van der Waals surface area contributed by atoms with E-state index in [1.54, 1.807) is 0 Å². The molecule has 1 aliphatic heterocycles. The number of nitrogens with zero attached hydrogens (tertiary/aromatic N) is 2. The average Bonchev–Trinajstić information content (AvgIpc) is 3.11. The summed E-state index contributed by atoms with van der Waals surface area (Å²) in [5.41, 5.74) is 1.22. The molecule has 0 spiro atoms. The molecule has 0 unspecified atom stereocenters. The first-order valence-corrected chi connectivity index (χ1v) is 9.20. The summed E-state index contributed by atoms with van der Waals surface area (Å²) in [5.74, 6) is 2.69. The third-order valence-electron chi connectivity index (χ3n) is 4.01. The molecule has 0 saturated carbocycles. The van der Waals surface area contributed by atoms with Crippen LogP contribution in [0.3, 0.4) is 0 Å². The lowest BCUT2D eigenvalue weighted by atomic mass is 10.1. The fourth-order valence-electron chi connectivity index (χ4n) is 2.90. The maximum absolute atomic E-state index is 5.70. The lowest BCUT2D eigenvalue weighted by Crippen LogP contribution is -2.39. The largest absolute Gasteiger partial charge is 0.490 e. The number of rotatable bonds is 8. The van der Waals surface area contributed by atoms with Gasteiger partial charge in [-0.3, -0.25) is 4.99 Å². The van der Waals surface area contributed by atoms with E-state index < -0.39 is 0 Å². The fourth-order valence-corrected chi connectivity index (χ4v) is 2.90. The molecule has 1 saturated heterocycles. The van der Waals surface area contributed by atoms with Crippen molar-refractivity contribution in [2.45, 2.75) is 40.0 Å². The Morgan fingerprint density at radius 3 is 2.46 bits per heavy atom. The number of nitrogens with one attached hydrogen (secondary N) is 1. The van der Waals surface area contributed by atoms with Crippen LogP contribution in [0, 0.1) is 0 Å². The molecular weight excluding hydrogens is 302 g/mol. The molecule has 1 N–H and O–H groups in total. The van der Waals surface area contributed by atoms with Gasteiger partial charge in [0.25, 0.3) is 0 Å². The van der Waals surface area contributed by atoms with Gasteiger partial charge in [0.15, 0.2) is 17.5 Å². The molecule has 5 nitrogen and oxygen atoms in total. The number of guanidine groups is 1. The van der Waals surface area contributed by atoms with Crippen LogP contribution in [-0.2, 0) is 6.42 Å². The van der Waals surface area contributed by atoms with Gasteiger partial charge in [0, 0.05) is 26.2 Å². The zero-order valence-corrected chi connectivity index (χ0v) is 15.3. The average molecular weight is 333 g/mol. The summed E-state index contributed by atoms with van der Waals surface area (Å²) in [5, 5.41) is 3.40. The first-order chi connectivity index (χ1) is 11.8. The Morgan fingerprint density at radius 2 is 1.79 bits per heavy atom. The van der Waals surface area contributed by atoms with Crippen molar-refractivity contribution in [2.75, 3.05) is 39.4 Å². The maximum atomic E-state index is 5.70. The van der Waals surface area contributed by atoms with Gasteiger partial charge < -0.3 is 19.7 Å². The number of aliphatic imine (C=N–C) groups is 1. The van der Waals surface area contributed by atoms with Crippen LogP contribution in [0.5, 0.6) is 11.5 Å². The van der Waals surface area contributed by atoms with E-state index in [1.165, 1.54) is 18.4 Å². The smallest absolute Gasteiger partial charge is 0.193 e. The van der Waals surface area contributed by atoms with Crippen LogP contribution in [0.2, 0.25) is 0 Å². The Labute approximate surface area is 146 Å². The van der Waals surface area contributed by atoms with E-state index in [0.717, 1.165) is 50.1 Å². The number of hydrogen-bond acceptors (Lipinski definition) is 3. The summed E-state index contributed by atoms with van der Waals surface area (Å²) in [7, 11) is 0. The van der Waals surface area contributed by atoms with Crippen LogP contribution in [0.15, 0.2) is 23.2 Å². The molecule has 1 fully saturated rings. The van der Waals surface area contributed by atoms with Gasteiger partial charge in [-0.2, -0.15) is 0 Å². The monoisotopic (exact) mass is 333 g/mol. The normalized spacial score (nSPS) is 14.8. The minimum Gasteiger partial charge on any atom is -0.490 e. The standard InChI is InChI=1S/C19H31N3O2/c1-4-20-19(22-13-7-8-14-22)21-12-11-16-9-10-17(23-5-2)18(15-16)24-6-3/h9-10,15H,4-8,11-14H2,1-3H3,(H,20,21). The Morgan fingerprint density at radius 1 is 1.08 bits per heavy atom. The molecule has 1 aromatic carbocycles. The first-order valence-electron chi connectivity index (χ1n) is 9.20. The SMILES string of the molecule is CCNC(=NCCc1ccc(OCC)c(OCC)c1)N1CCCC1. The fraction of sp³-hybridized carbons (Fsp3) is 0.632. The molecule has 5 heteroatoms. The number of ether oxygens (including phenoxy) is 2. The van der Waals surface area contributed by atoms with Crippen molar-refractivity contribution < 1.29 is 9.47 Å². The Bertz CT molecular complexity index is 525. The van der Waals surface area contributed by atoms with Crippen molar-refractivity contribution in [2.24, 2.45) is 4.99 Å². The highest BCUT2D eigenvalue weighted by atomic mass is 16.5. The second-order valence-corrected chi connectivity index (χ2v) is 5.83. The maximum Gasteiger partial charge on any atom is 0.193 e. The molecule has 24 heavy (non-hydrogen) atoms. The van der Waals surface area contributed by atoms with Crippen LogP contribution in [0.4, 0.5) is 0 Å². The van der Waals surface area contributed by atoms with Gasteiger partial charge in [0.1, 0.15) is 0 Å². The van der Waals surface area contributed by atoms with E-state index in [0.29, 0.717) is 13.2 Å². The molecular formula is C19H31N3O2. The van der Waals surface area contributed by atoms with Crippen molar-refractivity contribution in [1.82, 2.24) is 10.2 Å². The Balaban J connectivity index is 1.98. The molecule has 0 aliphatic carbocycles. The lowest BCUT2D eigenvalue weighted by Gasteiger charge is -2.20. The van der Waals surface area contributed by atoms with Crippen LogP contribution >= 0.6 is 0 Å².